The Labute approximate surface area is 112 Å². The van der Waals surface area contributed by atoms with Crippen LogP contribution >= 0.6 is 11.6 Å². The number of rotatable bonds is 3. The number of carbonyl (C=O) groups is 1. The van der Waals surface area contributed by atoms with Crippen molar-refractivity contribution in [2.75, 3.05) is 5.32 Å². The number of hydrogen-bond donors (Lipinski definition) is 2. The van der Waals surface area contributed by atoms with Gasteiger partial charge in [-0.15, -0.1) is 0 Å². The van der Waals surface area contributed by atoms with Crippen LogP contribution in [-0.4, -0.2) is 17.5 Å². The number of halogens is 2. The summed E-state index contributed by atoms with van der Waals surface area (Å²) in [5, 5.41) is 5.85. The van der Waals surface area contributed by atoms with E-state index in [-0.39, 0.29) is 22.2 Å². The van der Waals surface area contributed by atoms with Gasteiger partial charge in [-0.3, -0.25) is 4.79 Å². The lowest BCUT2D eigenvalue weighted by molar-refractivity contribution is -0.122. The number of hydrogen-bond acceptors (Lipinski definition) is 2. The predicted octanol–water partition coefficient (Wildman–Crippen LogP) is 3.19. The molecular weight excluding hydrogens is 255 g/mol. The second kappa shape index (κ2) is 5.57. The largest absolute Gasteiger partial charge is 0.370 e. The lowest BCUT2D eigenvalue weighted by Gasteiger charge is -2.24. The highest BCUT2D eigenvalue weighted by molar-refractivity contribution is 6.33. The lowest BCUT2D eigenvalue weighted by atomic mass is 10.1. The molecule has 0 aromatic heterocycles. The molecule has 2 N–H and O–H groups in total. The molecule has 0 saturated carbocycles. The monoisotopic (exact) mass is 272 g/mol. The molecule has 18 heavy (non-hydrogen) atoms. The number of nitrogens with one attached hydrogen (secondary N) is 2. The molecular formula is C13H18ClFN2O. The average Bonchev–Trinajstić information content (AvgIpc) is 2.21. The molecule has 1 atom stereocenters. The third kappa shape index (κ3) is 4.18. The zero-order chi connectivity index (χ0) is 13.9. The molecule has 0 aliphatic heterocycles. The Kier molecular flexibility index (Phi) is 4.57. The van der Waals surface area contributed by atoms with Gasteiger partial charge in [0.15, 0.2) is 0 Å². The summed E-state index contributed by atoms with van der Waals surface area (Å²) in [6, 6.07) is 3.81. The van der Waals surface area contributed by atoms with E-state index in [0.717, 1.165) is 0 Å². The molecule has 0 radical (unpaired) electrons. The van der Waals surface area contributed by atoms with E-state index in [1.54, 1.807) is 13.0 Å². The first-order valence-corrected chi connectivity index (χ1v) is 6.11. The molecule has 0 aliphatic rings. The van der Waals surface area contributed by atoms with Crippen LogP contribution in [0.25, 0.3) is 0 Å². The minimum Gasteiger partial charge on any atom is -0.370 e. The van der Waals surface area contributed by atoms with Crippen molar-refractivity contribution in [1.29, 1.82) is 0 Å². The van der Waals surface area contributed by atoms with Crippen LogP contribution in [0.15, 0.2) is 18.2 Å². The minimum atomic E-state index is -0.571. The summed E-state index contributed by atoms with van der Waals surface area (Å²) in [7, 11) is 0. The Bertz CT molecular complexity index is 423. The van der Waals surface area contributed by atoms with Crippen LogP contribution in [0, 0.1) is 5.82 Å². The maximum atomic E-state index is 13.5. The van der Waals surface area contributed by atoms with Gasteiger partial charge in [-0.05, 0) is 39.8 Å². The standard InChI is InChI=1S/C13H18ClFN2O/c1-8(12(18)17-13(2,3)4)16-11-9(14)6-5-7-10(11)15/h5-8,16H,1-4H3,(H,17,18). The van der Waals surface area contributed by atoms with Gasteiger partial charge in [0.2, 0.25) is 5.91 Å². The third-order valence-electron chi connectivity index (χ3n) is 2.22. The number of benzene rings is 1. The fourth-order valence-electron chi connectivity index (χ4n) is 1.40. The Morgan fingerprint density at radius 2 is 2.00 bits per heavy atom. The number of para-hydroxylation sites is 1. The molecule has 5 heteroatoms. The maximum Gasteiger partial charge on any atom is 0.242 e. The Hall–Kier alpha value is -1.29. The van der Waals surface area contributed by atoms with Gasteiger partial charge in [0.1, 0.15) is 11.9 Å². The van der Waals surface area contributed by atoms with E-state index >= 15 is 0 Å². The molecule has 3 nitrogen and oxygen atoms in total. The van der Waals surface area contributed by atoms with Crippen molar-refractivity contribution >= 4 is 23.2 Å². The van der Waals surface area contributed by atoms with Crippen LogP contribution in [-0.2, 0) is 4.79 Å². The summed E-state index contributed by atoms with van der Waals surface area (Å²) < 4.78 is 13.5. The fourth-order valence-corrected chi connectivity index (χ4v) is 1.61. The Balaban J connectivity index is 2.76. The van der Waals surface area contributed by atoms with E-state index in [1.807, 2.05) is 20.8 Å². The van der Waals surface area contributed by atoms with Crippen LogP contribution in [0.4, 0.5) is 10.1 Å². The molecule has 1 unspecified atom stereocenters. The fraction of sp³-hybridized carbons (Fsp3) is 0.462. The van der Waals surface area contributed by atoms with Gasteiger partial charge < -0.3 is 10.6 Å². The smallest absolute Gasteiger partial charge is 0.242 e. The van der Waals surface area contributed by atoms with E-state index in [4.69, 9.17) is 11.6 Å². The summed E-state index contributed by atoms with van der Waals surface area (Å²) >= 11 is 5.88. The molecule has 0 saturated heterocycles. The van der Waals surface area contributed by atoms with Crippen molar-refractivity contribution < 1.29 is 9.18 Å². The van der Waals surface area contributed by atoms with Crippen molar-refractivity contribution in [2.24, 2.45) is 0 Å². The van der Waals surface area contributed by atoms with Crippen molar-refractivity contribution in [1.82, 2.24) is 5.32 Å². The number of amides is 1. The summed E-state index contributed by atoms with van der Waals surface area (Å²) in [5.74, 6) is -0.681. The van der Waals surface area contributed by atoms with Gasteiger partial charge in [0.05, 0.1) is 10.7 Å². The quantitative estimate of drug-likeness (QED) is 0.887. The molecule has 1 amide bonds. The summed E-state index contributed by atoms with van der Waals surface area (Å²) in [6.07, 6.45) is 0. The molecule has 0 spiro atoms. The summed E-state index contributed by atoms with van der Waals surface area (Å²) in [4.78, 5) is 11.8. The highest BCUT2D eigenvalue weighted by Crippen LogP contribution is 2.25. The van der Waals surface area contributed by atoms with Crippen molar-refractivity contribution in [3.8, 4) is 0 Å². The van der Waals surface area contributed by atoms with Gasteiger partial charge in [-0.25, -0.2) is 4.39 Å². The second-order valence-corrected chi connectivity index (χ2v) is 5.61. The minimum absolute atomic E-state index is 0.149. The van der Waals surface area contributed by atoms with Crippen molar-refractivity contribution in [2.45, 2.75) is 39.3 Å². The zero-order valence-electron chi connectivity index (χ0n) is 11.0. The Morgan fingerprint density at radius 1 is 1.39 bits per heavy atom. The lowest BCUT2D eigenvalue weighted by Crippen LogP contribution is -2.47. The predicted molar refractivity (Wildman–Crippen MR) is 72.4 cm³/mol. The third-order valence-corrected chi connectivity index (χ3v) is 2.53. The van der Waals surface area contributed by atoms with Crippen LogP contribution in [0.3, 0.4) is 0 Å². The first-order valence-electron chi connectivity index (χ1n) is 5.73. The van der Waals surface area contributed by atoms with E-state index in [1.165, 1.54) is 12.1 Å². The van der Waals surface area contributed by atoms with E-state index in [0.29, 0.717) is 0 Å². The second-order valence-electron chi connectivity index (χ2n) is 5.20. The van der Waals surface area contributed by atoms with E-state index < -0.39 is 11.9 Å². The molecule has 0 bridgehead atoms. The van der Waals surface area contributed by atoms with E-state index in [2.05, 4.69) is 10.6 Å². The van der Waals surface area contributed by atoms with Crippen LogP contribution in [0.5, 0.6) is 0 Å². The summed E-state index contributed by atoms with van der Waals surface area (Å²) in [5.41, 5.74) is -0.179. The van der Waals surface area contributed by atoms with Crippen LogP contribution in [0.1, 0.15) is 27.7 Å². The molecule has 1 rings (SSSR count). The zero-order valence-corrected chi connectivity index (χ0v) is 11.7. The topological polar surface area (TPSA) is 41.1 Å². The number of anilines is 1. The molecule has 1 aromatic carbocycles. The van der Waals surface area contributed by atoms with E-state index in [9.17, 15) is 9.18 Å². The molecule has 1 aromatic rings. The molecule has 0 heterocycles. The molecule has 100 valence electrons. The van der Waals surface area contributed by atoms with Gasteiger partial charge in [0.25, 0.3) is 0 Å². The highest BCUT2D eigenvalue weighted by Gasteiger charge is 2.20. The Morgan fingerprint density at radius 3 is 2.50 bits per heavy atom. The van der Waals surface area contributed by atoms with Crippen molar-refractivity contribution in [3.05, 3.63) is 29.0 Å². The maximum absolute atomic E-state index is 13.5. The normalized spacial score (nSPS) is 13.0. The summed E-state index contributed by atoms with van der Waals surface area (Å²) in [6.45, 7) is 7.30. The first-order chi connectivity index (χ1) is 8.20. The molecule has 0 aliphatic carbocycles. The van der Waals surface area contributed by atoms with Crippen LogP contribution in [0.2, 0.25) is 5.02 Å². The van der Waals surface area contributed by atoms with Crippen LogP contribution < -0.4 is 10.6 Å². The van der Waals surface area contributed by atoms with Gasteiger partial charge in [-0.2, -0.15) is 0 Å². The van der Waals surface area contributed by atoms with Gasteiger partial charge >= 0.3 is 0 Å². The first kappa shape index (κ1) is 14.8. The van der Waals surface area contributed by atoms with Crippen molar-refractivity contribution in [3.63, 3.8) is 0 Å². The van der Waals surface area contributed by atoms with Gasteiger partial charge in [0, 0.05) is 5.54 Å². The molecule has 0 fully saturated rings. The number of carbonyl (C=O) groups excluding carboxylic acids is 1. The average molecular weight is 273 g/mol. The highest BCUT2D eigenvalue weighted by atomic mass is 35.5. The van der Waals surface area contributed by atoms with Gasteiger partial charge in [-0.1, -0.05) is 17.7 Å². The SMILES string of the molecule is CC(Nc1c(F)cccc1Cl)C(=O)NC(C)(C)C.